The number of hydrogen-bond donors (Lipinski definition) is 1. The van der Waals surface area contributed by atoms with Crippen LogP contribution in [0.4, 0.5) is 0 Å². The molecule has 1 N–H and O–H groups in total. The predicted molar refractivity (Wildman–Crippen MR) is 111 cm³/mol. The smallest absolute Gasteiger partial charge is 0.336 e. The van der Waals surface area contributed by atoms with E-state index < -0.39 is 17.3 Å². The molecule has 0 radical (unpaired) electrons. The molecule has 0 aliphatic carbocycles. The Kier molecular flexibility index (Phi) is 5.66. The van der Waals surface area contributed by atoms with Gasteiger partial charge in [0.05, 0.1) is 22.6 Å². The van der Waals surface area contributed by atoms with Crippen LogP contribution in [0, 0.1) is 0 Å². The first-order chi connectivity index (χ1) is 13.3. The van der Waals surface area contributed by atoms with Crippen LogP contribution >= 0.6 is 0 Å². The van der Waals surface area contributed by atoms with Crippen LogP contribution in [0.5, 0.6) is 11.5 Å². The van der Waals surface area contributed by atoms with Crippen molar-refractivity contribution in [1.29, 1.82) is 0 Å². The Bertz CT molecular complexity index is 981. The zero-order chi connectivity index (χ0) is 20.5. The van der Waals surface area contributed by atoms with Gasteiger partial charge in [-0.05, 0) is 44.4 Å². The summed E-state index contributed by atoms with van der Waals surface area (Å²) in [4.78, 5) is 12.3. The van der Waals surface area contributed by atoms with Gasteiger partial charge in [-0.15, -0.1) is 0 Å². The number of fused-ring (bicyclic) bond motifs is 3. The highest BCUT2D eigenvalue weighted by Crippen LogP contribution is 2.48. The quantitative estimate of drug-likeness (QED) is 0.541. The van der Waals surface area contributed by atoms with Gasteiger partial charge in [0.1, 0.15) is 23.7 Å². The number of ether oxygens (including phenoxy) is 2. The molecule has 0 fully saturated rings. The average Bonchev–Trinajstić information content (AvgIpc) is 2.64. The minimum atomic E-state index is -0.837. The van der Waals surface area contributed by atoms with Crippen molar-refractivity contribution in [2.45, 2.75) is 58.7 Å². The number of hydrogen-bond acceptors (Lipinski definition) is 5. The highest BCUT2D eigenvalue weighted by atomic mass is 16.5. The molecular weight excluding hydrogens is 356 g/mol. The summed E-state index contributed by atoms with van der Waals surface area (Å²) < 4.78 is 17.9. The highest BCUT2D eigenvalue weighted by Gasteiger charge is 2.32. The molecule has 1 aromatic carbocycles. The number of rotatable bonds is 7. The Labute approximate surface area is 165 Å². The third-order valence-corrected chi connectivity index (χ3v) is 4.85. The minimum Gasteiger partial charge on any atom is -0.488 e. The molecule has 0 spiro atoms. The standard InChI is InChI=1S/C23H28O5/c1-6-9-14-13-17(25)27-22-18(14)21-15(10-11-23(4,5)28-21)20(26-12-7-2)19(22)16(24)8-3/h7,10-11,13,16,24H,2,6,8-9,12H2,1,3-5H3. The fourth-order valence-electron chi connectivity index (χ4n) is 3.58. The van der Waals surface area contributed by atoms with E-state index in [2.05, 4.69) is 13.5 Å². The summed E-state index contributed by atoms with van der Waals surface area (Å²) in [6.45, 7) is 11.8. The zero-order valence-corrected chi connectivity index (χ0v) is 17.0. The molecule has 28 heavy (non-hydrogen) atoms. The van der Waals surface area contributed by atoms with Crippen LogP contribution in [0.1, 0.15) is 63.3 Å². The lowest BCUT2D eigenvalue weighted by atomic mass is 9.91. The molecule has 1 aliphatic heterocycles. The lowest BCUT2D eigenvalue weighted by Gasteiger charge is -2.31. The van der Waals surface area contributed by atoms with Gasteiger partial charge in [-0.25, -0.2) is 4.79 Å². The molecule has 0 saturated carbocycles. The second-order valence-corrected chi connectivity index (χ2v) is 7.59. The normalized spacial score (nSPS) is 15.8. The van der Waals surface area contributed by atoms with Crippen molar-refractivity contribution in [2.24, 2.45) is 0 Å². The Morgan fingerprint density at radius 3 is 2.75 bits per heavy atom. The Hall–Kier alpha value is -2.53. The third-order valence-electron chi connectivity index (χ3n) is 4.85. The SMILES string of the molecule is C=CCOc1c2c(c3c(CCC)cc(=O)oc3c1C(O)CC)OC(C)(C)C=C2. The van der Waals surface area contributed by atoms with Gasteiger partial charge >= 0.3 is 5.63 Å². The molecule has 5 nitrogen and oxygen atoms in total. The van der Waals surface area contributed by atoms with E-state index in [-0.39, 0.29) is 6.61 Å². The van der Waals surface area contributed by atoms with Crippen molar-refractivity contribution < 1.29 is 19.0 Å². The summed E-state index contributed by atoms with van der Waals surface area (Å²) >= 11 is 0. The van der Waals surface area contributed by atoms with Crippen LogP contribution in [0.2, 0.25) is 0 Å². The summed E-state index contributed by atoms with van der Waals surface area (Å²) in [7, 11) is 0. The Morgan fingerprint density at radius 2 is 2.11 bits per heavy atom. The fourth-order valence-corrected chi connectivity index (χ4v) is 3.58. The Balaban J connectivity index is 2.50. The first-order valence-electron chi connectivity index (χ1n) is 9.79. The lowest BCUT2D eigenvalue weighted by molar-refractivity contribution is 0.157. The lowest BCUT2D eigenvalue weighted by Crippen LogP contribution is -2.28. The Morgan fingerprint density at radius 1 is 1.36 bits per heavy atom. The van der Waals surface area contributed by atoms with Crippen molar-refractivity contribution in [3.63, 3.8) is 0 Å². The molecule has 3 rings (SSSR count). The predicted octanol–water partition coefficient (Wildman–Crippen LogP) is 4.94. The molecule has 1 aliphatic rings. The maximum Gasteiger partial charge on any atom is 0.336 e. The third kappa shape index (κ3) is 3.59. The second kappa shape index (κ2) is 7.84. The largest absolute Gasteiger partial charge is 0.488 e. The van der Waals surface area contributed by atoms with Gasteiger partial charge in [-0.1, -0.05) is 32.9 Å². The van der Waals surface area contributed by atoms with Crippen molar-refractivity contribution in [2.75, 3.05) is 6.61 Å². The van der Waals surface area contributed by atoms with Gasteiger partial charge in [-0.3, -0.25) is 0 Å². The molecule has 0 saturated heterocycles. The topological polar surface area (TPSA) is 68.9 Å². The van der Waals surface area contributed by atoms with Crippen molar-refractivity contribution in [3.8, 4) is 11.5 Å². The maximum atomic E-state index is 12.3. The van der Waals surface area contributed by atoms with E-state index in [1.54, 1.807) is 6.08 Å². The monoisotopic (exact) mass is 384 g/mol. The summed E-state index contributed by atoms with van der Waals surface area (Å²) in [5.74, 6) is 1.10. The number of aliphatic hydroxyl groups excluding tert-OH is 1. The molecule has 0 bridgehead atoms. The summed E-state index contributed by atoms with van der Waals surface area (Å²) in [6, 6.07) is 1.52. The molecule has 1 atom stereocenters. The number of aryl methyl sites for hydroxylation is 1. The first-order valence-corrected chi connectivity index (χ1v) is 9.79. The molecular formula is C23H28O5. The van der Waals surface area contributed by atoms with Gasteiger partial charge in [0.15, 0.2) is 5.58 Å². The van der Waals surface area contributed by atoms with Gasteiger partial charge in [0.2, 0.25) is 0 Å². The van der Waals surface area contributed by atoms with Gasteiger partial charge in [-0.2, -0.15) is 0 Å². The van der Waals surface area contributed by atoms with Crippen LogP contribution in [-0.2, 0) is 6.42 Å². The van der Waals surface area contributed by atoms with Crippen LogP contribution in [0.3, 0.4) is 0 Å². The van der Waals surface area contributed by atoms with Crippen LogP contribution < -0.4 is 15.1 Å². The molecule has 150 valence electrons. The zero-order valence-electron chi connectivity index (χ0n) is 17.0. The van der Waals surface area contributed by atoms with Gasteiger partial charge in [0.25, 0.3) is 0 Å². The number of aliphatic hydroxyl groups is 1. The van der Waals surface area contributed by atoms with E-state index in [0.717, 1.165) is 22.9 Å². The summed E-state index contributed by atoms with van der Waals surface area (Å²) in [5.41, 5.74) is 1.48. The molecule has 2 aromatic rings. The van der Waals surface area contributed by atoms with Crippen molar-refractivity contribution >= 4 is 17.0 Å². The average molecular weight is 384 g/mol. The van der Waals surface area contributed by atoms with E-state index in [4.69, 9.17) is 13.9 Å². The van der Waals surface area contributed by atoms with Crippen LogP contribution in [-0.4, -0.2) is 17.3 Å². The fraction of sp³-hybridized carbons (Fsp3) is 0.435. The van der Waals surface area contributed by atoms with E-state index in [9.17, 15) is 9.90 Å². The molecule has 1 aromatic heterocycles. The first kappa shape index (κ1) is 20.2. The molecule has 0 amide bonds. The van der Waals surface area contributed by atoms with Gasteiger partial charge < -0.3 is 19.0 Å². The minimum absolute atomic E-state index is 0.261. The molecule has 1 unspecified atom stereocenters. The second-order valence-electron chi connectivity index (χ2n) is 7.59. The van der Waals surface area contributed by atoms with E-state index in [1.165, 1.54) is 6.07 Å². The van der Waals surface area contributed by atoms with Crippen LogP contribution in [0.25, 0.3) is 17.0 Å². The van der Waals surface area contributed by atoms with E-state index in [0.29, 0.717) is 35.5 Å². The van der Waals surface area contributed by atoms with Crippen molar-refractivity contribution in [1.82, 2.24) is 0 Å². The highest BCUT2D eigenvalue weighted by molar-refractivity contribution is 5.97. The molecule has 5 heteroatoms. The maximum absolute atomic E-state index is 12.3. The van der Waals surface area contributed by atoms with Crippen molar-refractivity contribution in [3.05, 3.63) is 51.9 Å². The number of benzene rings is 1. The molecule has 2 heterocycles. The van der Waals surface area contributed by atoms with E-state index in [1.807, 2.05) is 32.9 Å². The summed E-state index contributed by atoms with van der Waals surface area (Å²) in [6.07, 6.45) is 6.75. The van der Waals surface area contributed by atoms with Crippen LogP contribution in [0.15, 0.2) is 34.0 Å². The summed E-state index contributed by atoms with van der Waals surface area (Å²) in [5, 5.41) is 11.5. The van der Waals surface area contributed by atoms with E-state index >= 15 is 0 Å². The van der Waals surface area contributed by atoms with Gasteiger partial charge in [0, 0.05) is 6.07 Å².